The maximum Gasteiger partial charge on any atom is 0.264 e. The second-order valence-electron chi connectivity index (χ2n) is 7.92. The molecule has 2 aromatic rings. The highest BCUT2D eigenvalue weighted by atomic mass is 32.2. The number of primary sulfonamides is 1. The zero-order valence-corrected chi connectivity index (χ0v) is 18.5. The molecule has 10 heteroatoms. The molecule has 0 saturated heterocycles. The van der Waals surface area contributed by atoms with E-state index in [9.17, 15) is 21.6 Å². The van der Waals surface area contributed by atoms with Crippen molar-refractivity contribution in [3.05, 3.63) is 47.5 Å². The van der Waals surface area contributed by atoms with Crippen molar-refractivity contribution < 1.29 is 21.6 Å². The molecule has 0 aliphatic carbocycles. The smallest absolute Gasteiger partial charge is 0.264 e. The Bertz CT molecular complexity index is 1270. The largest absolute Gasteiger partial charge is 0.309 e. The van der Waals surface area contributed by atoms with E-state index in [0.717, 1.165) is 11.3 Å². The van der Waals surface area contributed by atoms with Gasteiger partial charge in [-0.3, -0.25) is 9.10 Å². The molecular weight excluding hydrogens is 426 g/mol. The first-order valence-corrected chi connectivity index (χ1v) is 12.5. The summed E-state index contributed by atoms with van der Waals surface area (Å²) in [5.41, 5.74) is 2.63. The summed E-state index contributed by atoms with van der Waals surface area (Å²) in [5, 5.41) is 5.21. The van der Waals surface area contributed by atoms with Gasteiger partial charge in [0.25, 0.3) is 10.0 Å². The van der Waals surface area contributed by atoms with Gasteiger partial charge in [0.05, 0.1) is 15.5 Å². The molecule has 2 aromatic carbocycles. The van der Waals surface area contributed by atoms with E-state index in [-0.39, 0.29) is 27.8 Å². The number of sulfonamides is 2. The fraction of sp³-hybridized carbons (Fsp3) is 0.350. The minimum atomic E-state index is -3.88. The molecule has 2 heterocycles. The highest BCUT2D eigenvalue weighted by Gasteiger charge is 2.38. The zero-order chi connectivity index (χ0) is 22.0. The van der Waals surface area contributed by atoms with Gasteiger partial charge in [-0.1, -0.05) is 0 Å². The van der Waals surface area contributed by atoms with Gasteiger partial charge in [-0.15, -0.1) is 0 Å². The lowest BCUT2D eigenvalue weighted by Crippen LogP contribution is -2.35. The maximum atomic E-state index is 13.5. The second-order valence-corrected chi connectivity index (χ2v) is 11.3. The predicted octanol–water partition coefficient (Wildman–Crippen LogP) is 1.77. The van der Waals surface area contributed by atoms with E-state index in [0.29, 0.717) is 24.1 Å². The normalized spacial score (nSPS) is 20.9. The molecule has 0 fully saturated rings. The predicted molar refractivity (Wildman–Crippen MR) is 113 cm³/mol. The van der Waals surface area contributed by atoms with E-state index in [1.807, 2.05) is 6.92 Å². The lowest BCUT2D eigenvalue weighted by atomic mass is 10.1. The number of hydrogen-bond acceptors (Lipinski definition) is 5. The molecule has 30 heavy (non-hydrogen) atoms. The Morgan fingerprint density at radius 1 is 0.900 bits per heavy atom. The molecule has 2 atom stereocenters. The van der Waals surface area contributed by atoms with Crippen LogP contribution in [0.1, 0.15) is 31.9 Å². The minimum absolute atomic E-state index is 0.0291. The molecule has 2 N–H and O–H groups in total. The Labute approximate surface area is 176 Å². The molecule has 160 valence electrons. The van der Waals surface area contributed by atoms with E-state index in [1.54, 1.807) is 24.0 Å². The number of nitrogens with zero attached hydrogens (tertiary/aromatic N) is 2. The Kier molecular flexibility index (Phi) is 4.72. The Morgan fingerprint density at radius 3 is 2.07 bits per heavy atom. The topological polar surface area (TPSA) is 118 Å². The van der Waals surface area contributed by atoms with Crippen LogP contribution in [0.5, 0.6) is 0 Å². The Morgan fingerprint density at radius 2 is 1.43 bits per heavy atom. The summed E-state index contributed by atoms with van der Waals surface area (Å²) < 4.78 is 51.6. The minimum Gasteiger partial charge on any atom is -0.309 e. The number of rotatable bonds is 3. The van der Waals surface area contributed by atoms with Gasteiger partial charge >= 0.3 is 0 Å². The third kappa shape index (κ3) is 3.19. The second kappa shape index (κ2) is 6.79. The molecule has 1 amide bonds. The lowest BCUT2D eigenvalue weighted by molar-refractivity contribution is -0.116. The highest BCUT2D eigenvalue weighted by molar-refractivity contribution is 7.93. The van der Waals surface area contributed by atoms with E-state index in [4.69, 9.17) is 5.14 Å². The third-order valence-corrected chi connectivity index (χ3v) is 8.53. The fourth-order valence-corrected chi connectivity index (χ4v) is 6.79. The molecule has 0 aromatic heterocycles. The average molecular weight is 450 g/mol. The monoisotopic (exact) mass is 449 g/mol. The van der Waals surface area contributed by atoms with E-state index in [1.165, 1.54) is 35.5 Å². The van der Waals surface area contributed by atoms with Crippen LogP contribution in [0.2, 0.25) is 0 Å². The van der Waals surface area contributed by atoms with Crippen molar-refractivity contribution in [3.63, 3.8) is 0 Å². The number of hydrogen-bond donors (Lipinski definition) is 1. The van der Waals surface area contributed by atoms with Gasteiger partial charge in [-0.05, 0) is 74.2 Å². The van der Waals surface area contributed by atoms with Crippen molar-refractivity contribution in [2.75, 3.05) is 9.21 Å². The molecule has 0 spiro atoms. The van der Waals surface area contributed by atoms with Crippen molar-refractivity contribution in [2.24, 2.45) is 5.14 Å². The first-order chi connectivity index (χ1) is 13.9. The van der Waals surface area contributed by atoms with Gasteiger partial charge in [0.15, 0.2) is 0 Å². The van der Waals surface area contributed by atoms with Crippen molar-refractivity contribution in [2.45, 2.75) is 55.5 Å². The van der Waals surface area contributed by atoms with Gasteiger partial charge in [0, 0.05) is 24.7 Å². The van der Waals surface area contributed by atoms with E-state index in [2.05, 4.69) is 0 Å². The number of carbonyl (C=O) groups excluding carboxylic acids is 1. The Hall–Kier alpha value is -2.43. The maximum absolute atomic E-state index is 13.5. The van der Waals surface area contributed by atoms with E-state index >= 15 is 0 Å². The summed E-state index contributed by atoms with van der Waals surface area (Å²) >= 11 is 0. The van der Waals surface area contributed by atoms with Crippen LogP contribution < -0.4 is 14.3 Å². The number of amides is 1. The summed E-state index contributed by atoms with van der Waals surface area (Å²) in [4.78, 5) is 13.7. The number of carbonyl (C=O) groups is 1. The lowest BCUT2D eigenvalue weighted by Gasteiger charge is -2.25. The van der Waals surface area contributed by atoms with Crippen molar-refractivity contribution in [1.29, 1.82) is 0 Å². The van der Waals surface area contributed by atoms with Crippen molar-refractivity contribution in [3.8, 4) is 0 Å². The molecule has 2 unspecified atom stereocenters. The zero-order valence-electron chi connectivity index (χ0n) is 16.9. The standard InChI is InChI=1S/C20H23N3O5S2/c1-12-8-15-11-18(5-6-19(15)22(12)14(3)24)30(27,28)23-13(2)9-16-10-17(29(21,25)26)4-7-20(16)23/h4-7,10-13H,8-9H2,1-3H3,(H2,21,25,26). The molecule has 2 aliphatic rings. The molecular formula is C20H23N3O5S2. The van der Waals surface area contributed by atoms with Crippen molar-refractivity contribution in [1.82, 2.24) is 0 Å². The molecule has 8 nitrogen and oxygen atoms in total. The summed E-state index contributed by atoms with van der Waals surface area (Å²) in [5.74, 6) is -0.0791. The van der Waals surface area contributed by atoms with Crippen LogP contribution in [0.3, 0.4) is 0 Å². The van der Waals surface area contributed by atoms with Crippen LogP contribution in [-0.2, 0) is 37.7 Å². The fourth-order valence-electron chi connectivity index (χ4n) is 4.48. The van der Waals surface area contributed by atoms with Crippen molar-refractivity contribution >= 4 is 37.3 Å². The molecule has 0 bridgehead atoms. The van der Waals surface area contributed by atoms with Crippen LogP contribution in [0, 0.1) is 0 Å². The summed E-state index contributed by atoms with van der Waals surface area (Å²) in [6, 6.07) is 8.68. The Balaban J connectivity index is 1.76. The van der Waals surface area contributed by atoms with Crippen LogP contribution in [0.4, 0.5) is 11.4 Å². The number of benzene rings is 2. The van der Waals surface area contributed by atoms with E-state index < -0.39 is 20.0 Å². The quantitative estimate of drug-likeness (QED) is 0.766. The van der Waals surface area contributed by atoms with Gasteiger partial charge in [0.2, 0.25) is 15.9 Å². The first-order valence-electron chi connectivity index (χ1n) is 9.54. The number of nitrogens with two attached hydrogens (primary N) is 1. The summed E-state index contributed by atoms with van der Waals surface area (Å²) in [6.07, 6.45) is 0.972. The van der Waals surface area contributed by atoms with Crippen LogP contribution in [0.15, 0.2) is 46.2 Å². The SMILES string of the molecule is CC(=O)N1c2ccc(S(=O)(=O)N3c4ccc(S(N)(=O)=O)cc4CC3C)cc2CC1C. The van der Waals surface area contributed by atoms with Crippen LogP contribution in [0.25, 0.3) is 0 Å². The average Bonchev–Trinajstić information content (AvgIpc) is 3.14. The summed E-state index contributed by atoms with van der Waals surface area (Å²) in [7, 11) is -7.75. The van der Waals surface area contributed by atoms with Gasteiger partial charge < -0.3 is 4.90 Å². The summed E-state index contributed by atoms with van der Waals surface area (Å²) in [6.45, 7) is 5.20. The van der Waals surface area contributed by atoms with Crippen LogP contribution >= 0.6 is 0 Å². The van der Waals surface area contributed by atoms with Gasteiger partial charge in [0.1, 0.15) is 0 Å². The molecule has 0 radical (unpaired) electrons. The first kappa shape index (κ1) is 20.8. The third-order valence-electron chi connectivity index (χ3n) is 5.70. The highest BCUT2D eigenvalue weighted by Crippen LogP contribution is 2.40. The number of anilines is 2. The molecule has 4 rings (SSSR count). The molecule has 2 aliphatic heterocycles. The van der Waals surface area contributed by atoms with Crippen LogP contribution in [-0.4, -0.2) is 34.8 Å². The number of fused-ring (bicyclic) bond motifs is 2. The van der Waals surface area contributed by atoms with Gasteiger partial charge in [-0.2, -0.15) is 0 Å². The van der Waals surface area contributed by atoms with Gasteiger partial charge in [-0.25, -0.2) is 22.0 Å². The molecule has 0 saturated carbocycles.